The molecule has 0 bridgehead atoms. The highest BCUT2D eigenvalue weighted by Crippen LogP contribution is 2.30. The number of nitrogens with zero attached hydrogens (tertiary/aromatic N) is 1. The number of fused-ring (bicyclic) bond motifs is 1. The van der Waals surface area contributed by atoms with Crippen molar-refractivity contribution in [2.45, 2.75) is 6.92 Å². The summed E-state index contributed by atoms with van der Waals surface area (Å²) in [5, 5.41) is 0. The van der Waals surface area contributed by atoms with Crippen molar-refractivity contribution in [1.29, 1.82) is 0 Å². The summed E-state index contributed by atoms with van der Waals surface area (Å²) < 4.78 is 5.60. The van der Waals surface area contributed by atoms with E-state index in [1.807, 2.05) is 37.3 Å². The zero-order valence-corrected chi connectivity index (χ0v) is 8.03. The van der Waals surface area contributed by atoms with E-state index in [-0.39, 0.29) is 0 Å². The number of hydrogen-bond donors (Lipinski definition) is 0. The summed E-state index contributed by atoms with van der Waals surface area (Å²) in [7, 11) is 0. The molecule has 0 aromatic heterocycles. The van der Waals surface area contributed by atoms with Gasteiger partial charge in [-0.1, -0.05) is 18.7 Å². The van der Waals surface area contributed by atoms with Crippen molar-refractivity contribution in [2.75, 3.05) is 0 Å². The molecule has 2 nitrogen and oxygen atoms in total. The van der Waals surface area contributed by atoms with E-state index in [1.165, 1.54) is 6.20 Å². The fourth-order valence-corrected chi connectivity index (χ4v) is 1.47. The van der Waals surface area contributed by atoms with Gasteiger partial charge in [0.25, 0.3) is 0 Å². The van der Waals surface area contributed by atoms with Crippen LogP contribution in [0, 0.1) is 0 Å². The second kappa shape index (κ2) is 3.50. The van der Waals surface area contributed by atoms with Gasteiger partial charge in [-0.05, 0) is 25.1 Å². The molecule has 0 saturated carbocycles. The Morgan fingerprint density at radius 2 is 2.14 bits per heavy atom. The molecule has 1 heterocycles. The maximum atomic E-state index is 5.60. The van der Waals surface area contributed by atoms with Crippen LogP contribution < -0.4 is 4.74 Å². The predicted octanol–water partition coefficient (Wildman–Crippen LogP) is 2.92. The van der Waals surface area contributed by atoms with E-state index in [0.717, 1.165) is 22.8 Å². The summed E-state index contributed by atoms with van der Waals surface area (Å²) in [6.45, 7) is 5.53. The minimum atomic E-state index is 0.797. The van der Waals surface area contributed by atoms with Gasteiger partial charge in [-0.25, -0.2) is 0 Å². The van der Waals surface area contributed by atoms with Crippen molar-refractivity contribution in [3.63, 3.8) is 0 Å². The van der Waals surface area contributed by atoms with E-state index in [9.17, 15) is 0 Å². The molecule has 0 N–H and O–H groups in total. The minimum Gasteiger partial charge on any atom is -0.455 e. The second-order valence-electron chi connectivity index (χ2n) is 2.91. The average molecular weight is 185 g/mol. The van der Waals surface area contributed by atoms with Crippen molar-refractivity contribution >= 4 is 5.71 Å². The van der Waals surface area contributed by atoms with Gasteiger partial charge in [0.2, 0.25) is 0 Å². The van der Waals surface area contributed by atoms with Crippen molar-refractivity contribution in [2.24, 2.45) is 4.99 Å². The normalized spacial score (nSPS) is 19.5. The minimum absolute atomic E-state index is 0.797. The Kier molecular flexibility index (Phi) is 2.19. The number of ether oxygens (including phenoxy) is 1. The van der Waals surface area contributed by atoms with Gasteiger partial charge >= 0.3 is 0 Å². The van der Waals surface area contributed by atoms with Crippen LogP contribution in [0.3, 0.4) is 0 Å². The van der Waals surface area contributed by atoms with Crippen LogP contribution in [0.25, 0.3) is 0 Å². The van der Waals surface area contributed by atoms with Crippen LogP contribution in [0.5, 0.6) is 5.75 Å². The number of benzene rings is 1. The molecule has 1 aromatic rings. The van der Waals surface area contributed by atoms with Gasteiger partial charge in [-0.2, -0.15) is 0 Å². The Bertz CT molecular complexity index is 430. The van der Waals surface area contributed by atoms with Gasteiger partial charge in [0.1, 0.15) is 17.2 Å². The molecule has 0 unspecified atom stereocenters. The van der Waals surface area contributed by atoms with Crippen molar-refractivity contribution in [3.05, 3.63) is 54.4 Å². The smallest absolute Gasteiger partial charge is 0.149 e. The summed E-state index contributed by atoms with van der Waals surface area (Å²) in [6.07, 6.45) is 3.44. The number of aliphatic imine (C=N–C) groups is 1. The van der Waals surface area contributed by atoms with Gasteiger partial charge < -0.3 is 4.74 Å². The van der Waals surface area contributed by atoms with Crippen LogP contribution in [0.4, 0.5) is 0 Å². The second-order valence-corrected chi connectivity index (χ2v) is 2.91. The van der Waals surface area contributed by atoms with Crippen LogP contribution in [-0.2, 0) is 0 Å². The van der Waals surface area contributed by atoms with Gasteiger partial charge in [-0.15, -0.1) is 0 Å². The molecular weight excluding hydrogens is 174 g/mol. The molecule has 0 aliphatic carbocycles. The molecule has 0 spiro atoms. The predicted molar refractivity (Wildman–Crippen MR) is 57.6 cm³/mol. The molecule has 2 rings (SSSR count). The van der Waals surface area contributed by atoms with E-state index in [0.29, 0.717) is 0 Å². The molecule has 2 heteroatoms. The van der Waals surface area contributed by atoms with Gasteiger partial charge in [0.05, 0.1) is 0 Å². The molecule has 1 aromatic carbocycles. The van der Waals surface area contributed by atoms with Crippen LogP contribution in [0.2, 0.25) is 0 Å². The Hall–Kier alpha value is -1.83. The molecule has 0 saturated heterocycles. The van der Waals surface area contributed by atoms with E-state index >= 15 is 0 Å². The highest BCUT2D eigenvalue weighted by atomic mass is 16.5. The van der Waals surface area contributed by atoms with Crippen LogP contribution >= 0.6 is 0 Å². The highest BCUT2D eigenvalue weighted by molar-refractivity contribution is 6.16. The summed E-state index contributed by atoms with van der Waals surface area (Å²) in [5.41, 5.74) is 1.89. The fourth-order valence-electron chi connectivity index (χ4n) is 1.47. The molecular formula is C12H11NO. The lowest BCUT2D eigenvalue weighted by molar-refractivity contribution is 0.468. The van der Waals surface area contributed by atoms with Gasteiger partial charge in [0.15, 0.2) is 0 Å². The third-order valence-corrected chi connectivity index (χ3v) is 2.08. The summed E-state index contributed by atoms with van der Waals surface area (Å²) >= 11 is 0. The van der Waals surface area contributed by atoms with E-state index < -0.39 is 0 Å². The maximum absolute atomic E-state index is 5.60. The zero-order valence-electron chi connectivity index (χ0n) is 8.03. The Morgan fingerprint density at radius 3 is 2.86 bits per heavy atom. The molecule has 0 fully saturated rings. The lowest BCUT2D eigenvalue weighted by Crippen LogP contribution is -1.99. The first kappa shape index (κ1) is 8.75. The SMILES string of the molecule is C=C/N=C1\C(=C/C)Oc2ccccc21. The third kappa shape index (κ3) is 1.25. The molecule has 0 amide bonds. The Labute approximate surface area is 83.2 Å². The van der Waals surface area contributed by atoms with E-state index in [1.54, 1.807) is 0 Å². The van der Waals surface area contributed by atoms with Crippen LogP contribution in [0.15, 0.2) is 53.9 Å². The lowest BCUT2D eigenvalue weighted by atomic mass is 10.1. The Morgan fingerprint density at radius 1 is 1.36 bits per heavy atom. The summed E-state index contributed by atoms with van der Waals surface area (Å²) in [4.78, 5) is 4.20. The standard InChI is InChI=1S/C12H11NO/c1-3-10-12(13-4-2)9-7-5-6-8-11(9)14-10/h3-8H,2H2,1H3/b10-3+,13-12-. The quantitative estimate of drug-likeness (QED) is 0.659. The summed E-state index contributed by atoms with van der Waals surface area (Å²) in [6, 6.07) is 7.85. The first-order valence-electron chi connectivity index (χ1n) is 4.49. The van der Waals surface area contributed by atoms with Crippen molar-refractivity contribution in [3.8, 4) is 5.75 Å². The molecule has 0 radical (unpaired) electrons. The van der Waals surface area contributed by atoms with E-state index in [4.69, 9.17) is 4.74 Å². The number of para-hydroxylation sites is 1. The topological polar surface area (TPSA) is 21.6 Å². The Balaban J connectivity index is 2.58. The van der Waals surface area contributed by atoms with Gasteiger partial charge in [-0.3, -0.25) is 4.99 Å². The fraction of sp³-hybridized carbons (Fsp3) is 0.0833. The van der Waals surface area contributed by atoms with Crippen LogP contribution in [0.1, 0.15) is 12.5 Å². The van der Waals surface area contributed by atoms with Crippen LogP contribution in [-0.4, -0.2) is 5.71 Å². The maximum Gasteiger partial charge on any atom is 0.149 e. The first-order valence-corrected chi connectivity index (χ1v) is 4.49. The molecule has 14 heavy (non-hydrogen) atoms. The third-order valence-electron chi connectivity index (χ3n) is 2.08. The number of hydrogen-bond acceptors (Lipinski definition) is 2. The summed E-state index contributed by atoms with van der Waals surface area (Å²) in [5.74, 6) is 1.66. The highest BCUT2D eigenvalue weighted by Gasteiger charge is 2.23. The number of allylic oxidation sites excluding steroid dienone is 2. The largest absolute Gasteiger partial charge is 0.455 e. The molecule has 0 atom stereocenters. The monoisotopic (exact) mass is 185 g/mol. The van der Waals surface area contributed by atoms with E-state index in [2.05, 4.69) is 11.6 Å². The van der Waals surface area contributed by atoms with Gasteiger partial charge in [0, 0.05) is 11.8 Å². The van der Waals surface area contributed by atoms with Crippen molar-refractivity contribution in [1.82, 2.24) is 0 Å². The lowest BCUT2D eigenvalue weighted by Gasteiger charge is -1.95. The molecule has 1 aliphatic rings. The number of rotatable bonds is 1. The zero-order chi connectivity index (χ0) is 9.97. The molecule has 1 aliphatic heterocycles. The molecule has 70 valence electrons. The van der Waals surface area contributed by atoms with Crippen molar-refractivity contribution < 1.29 is 4.74 Å². The first-order chi connectivity index (χ1) is 6.86. The average Bonchev–Trinajstić information content (AvgIpc) is 2.58.